The van der Waals surface area contributed by atoms with Gasteiger partial charge in [0.2, 0.25) is 9.84 Å². The largest absolute Gasteiger partial charge is 0.492 e. The Morgan fingerprint density at radius 3 is 2.54 bits per heavy atom. The average molecular weight is 398 g/mol. The first-order valence-corrected chi connectivity index (χ1v) is 10.3. The van der Waals surface area contributed by atoms with E-state index in [4.69, 9.17) is 15.9 Å². The van der Waals surface area contributed by atoms with Crippen LogP contribution in [0.25, 0.3) is 10.8 Å². The van der Waals surface area contributed by atoms with Crippen LogP contribution in [0.4, 0.5) is 5.69 Å². The van der Waals surface area contributed by atoms with Crippen molar-refractivity contribution in [2.75, 3.05) is 33.0 Å². The number of nitrogens with two attached hydrogens (primary N) is 1. The van der Waals surface area contributed by atoms with E-state index >= 15 is 0 Å². The smallest absolute Gasteiger partial charge is 0.224 e. The Kier molecular flexibility index (Phi) is 5.67. The van der Waals surface area contributed by atoms with Gasteiger partial charge in [-0.05, 0) is 43.7 Å². The van der Waals surface area contributed by atoms with Crippen molar-refractivity contribution in [3.63, 3.8) is 0 Å². The van der Waals surface area contributed by atoms with Crippen LogP contribution in [0.5, 0.6) is 5.75 Å². The second-order valence-corrected chi connectivity index (χ2v) is 8.57. The third kappa shape index (κ3) is 4.00. The molecule has 0 aliphatic carbocycles. The molecule has 146 valence electrons. The SMILES string of the molecule is CN(C)CCOc1ccc(N)c(C(=N)S(=O)(=O)c2cccc3ccccc23)c1. The topological polar surface area (TPSA) is 96.5 Å². The highest BCUT2D eigenvalue weighted by Crippen LogP contribution is 2.28. The molecule has 0 saturated heterocycles. The minimum atomic E-state index is -4.05. The van der Waals surface area contributed by atoms with Gasteiger partial charge in [-0.15, -0.1) is 0 Å². The summed E-state index contributed by atoms with van der Waals surface area (Å²) in [7, 11) is -0.183. The Bertz CT molecular complexity index is 1120. The van der Waals surface area contributed by atoms with Crippen molar-refractivity contribution < 1.29 is 13.2 Å². The number of benzene rings is 3. The average Bonchev–Trinajstić information content (AvgIpc) is 2.68. The molecule has 0 unspecified atom stereocenters. The van der Waals surface area contributed by atoms with Gasteiger partial charge in [0, 0.05) is 23.2 Å². The number of sulfone groups is 1. The van der Waals surface area contributed by atoms with Crippen molar-refractivity contribution in [1.29, 1.82) is 5.41 Å². The molecule has 0 aliphatic heterocycles. The van der Waals surface area contributed by atoms with Crippen molar-refractivity contribution in [2.45, 2.75) is 4.90 Å². The molecule has 3 N–H and O–H groups in total. The molecular weight excluding hydrogens is 374 g/mol. The summed E-state index contributed by atoms with van der Waals surface area (Å²) in [6.45, 7) is 1.16. The van der Waals surface area contributed by atoms with Crippen LogP contribution in [-0.2, 0) is 9.84 Å². The molecule has 0 atom stereocenters. The molecule has 0 aliphatic rings. The number of nitrogen functional groups attached to an aromatic ring is 1. The normalized spacial score (nSPS) is 11.7. The highest BCUT2D eigenvalue weighted by atomic mass is 32.2. The molecule has 6 nitrogen and oxygen atoms in total. The van der Waals surface area contributed by atoms with Crippen LogP contribution in [0.3, 0.4) is 0 Å². The predicted molar refractivity (Wildman–Crippen MR) is 113 cm³/mol. The number of rotatable bonds is 6. The number of anilines is 1. The Labute approximate surface area is 165 Å². The zero-order valence-electron chi connectivity index (χ0n) is 15.8. The van der Waals surface area contributed by atoms with Crippen LogP contribution >= 0.6 is 0 Å². The van der Waals surface area contributed by atoms with E-state index in [-0.39, 0.29) is 16.1 Å². The number of likely N-dealkylation sites (N-methyl/N-ethyl adjacent to an activating group) is 1. The van der Waals surface area contributed by atoms with Crippen molar-refractivity contribution in [2.24, 2.45) is 0 Å². The summed E-state index contributed by atoms with van der Waals surface area (Å²) in [5.41, 5.74) is 6.34. The van der Waals surface area contributed by atoms with Crippen molar-refractivity contribution in [1.82, 2.24) is 4.90 Å². The maximum absolute atomic E-state index is 13.2. The van der Waals surface area contributed by atoms with Gasteiger partial charge in [-0.1, -0.05) is 36.4 Å². The Morgan fingerprint density at radius 2 is 1.79 bits per heavy atom. The molecule has 0 saturated carbocycles. The zero-order chi connectivity index (χ0) is 20.3. The van der Waals surface area contributed by atoms with Gasteiger partial charge in [-0.25, -0.2) is 8.42 Å². The van der Waals surface area contributed by atoms with Gasteiger partial charge >= 0.3 is 0 Å². The molecule has 7 heteroatoms. The van der Waals surface area contributed by atoms with Crippen LogP contribution in [0.15, 0.2) is 65.6 Å². The van der Waals surface area contributed by atoms with Crippen molar-refractivity contribution in [3.05, 3.63) is 66.2 Å². The molecule has 0 heterocycles. The van der Waals surface area contributed by atoms with Gasteiger partial charge in [-0.2, -0.15) is 0 Å². The summed E-state index contributed by atoms with van der Waals surface area (Å²) in [6.07, 6.45) is 0. The summed E-state index contributed by atoms with van der Waals surface area (Å²) in [6, 6.07) is 17.0. The number of hydrogen-bond acceptors (Lipinski definition) is 6. The quantitative estimate of drug-likeness (QED) is 0.378. The van der Waals surface area contributed by atoms with Crippen LogP contribution in [0, 0.1) is 5.41 Å². The third-order valence-electron chi connectivity index (χ3n) is 4.38. The standard InChI is InChI=1S/C21H23N3O3S/c1-24(2)12-13-27-16-10-11-19(22)18(14-16)21(23)28(25,26)20-9-5-7-15-6-3-4-8-17(15)20/h3-11,14,23H,12-13,22H2,1-2H3. The molecule has 28 heavy (non-hydrogen) atoms. The maximum Gasteiger partial charge on any atom is 0.224 e. The summed E-state index contributed by atoms with van der Waals surface area (Å²) >= 11 is 0. The van der Waals surface area contributed by atoms with Gasteiger partial charge in [0.25, 0.3) is 0 Å². The summed E-state index contributed by atoms with van der Waals surface area (Å²) in [5, 5.41) is 9.23. The second-order valence-electron chi connectivity index (χ2n) is 6.71. The predicted octanol–water partition coefficient (Wildman–Crippen LogP) is 3.16. The number of nitrogens with zero attached hydrogens (tertiary/aromatic N) is 1. The number of fused-ring (bicyclic) bond motifs is 1. The summed E-state index contributed by atoms with van der Waals surface area (Å²) in [5.74, 6) is 0.476. The molecule has 3 aromatic rings. The fourth-order valence-corrected chi connectivity index (χ4v) is 4.27. The molecule has 0 bridgehead atoms. The maximum atomic E-state index is 13.2. The fraction of sp³-hybridized carbons (Fsp3) is 0.190. The first kappa shape index (κ1) is 19.9. The minimum Gasteiger partial charge on any atom is -0.492 e. The van der Waals surface area contributed by atoms with Crippen molar-refractivity contribution in [3.8, 4) is 5.75 Å². The molecule has 0 fully saturated rings. The lowest BCUT2D eigenvalue weighted by atomic mass is 10.1. The van der Waals surface area contributed by atoms with Crippen molar-refractivity contribution >= 4 is 31.3 Å². The lowest BCUT2D eigenvalue weighted by molar-refractivity contribution is 0.261. The van der Waals surface area contributed by atoms with Gasteiger partial charge in [-0.3, -0.25) is 5.41 Å². The van der Waals surface area contributed by atoms with E-state index in [0.29, 0.717) is 24.3 Å². The van der Waals surface area contributed by atoms with E-state index < -0.39 is 14.9 Å². The molecule has 0 aromatic heterocycles. The summed E-state index contributed by atoms with van der Waals surface area (Å²) < 4.78 is 32.0. The van der Waals surface area contributed by atoms with E-state index in [1.165, 1.54) is 12.1 Å². The van der Waals surface area contributed by atoms with E-state index in [9.17, 15) is 8.42 Å². The highest BCUT2D eigenvalue weighted by molar-refractivity contribution is 8.07. The first-order valence-electron chi connectivity index (χ1n) is 8.79. The third-order valence-corrected chi connectivity index (χ3v) is 6.08. The zero-order valence-corrected chi connectivity index (χ0v) is 16.7. The lowest BCUT2D eigenvalue weighted by Crippen LogP contribution is -2.20. The van der Waals surface area contributed by atoms with Gasteiger partial charge in [0.05, 0.1) is 4.90 Å². The van der Waals surface area contributed by atoms with Crippen LogP contribution in [0.1, 0.15) is 5.56 Å². The number of hydrogen-bond donors (Lipinski definition) is 2. The van der Waals surface area contributed by atoms with E-state index in [2.05, 4.69) is 0 Å². The monoisotopic (exact) mass is 397 g/mol. The molecule has 0 radical (unpaired) electrons. The van der Waals surface area contributed by atoms with Crippen LogP contribution in [-0.4, -0.2) is 45.6 Å². The molecular formula is C21H23N3O3S. The van der Waals surface area contributed by atoms with E-state index in [1.807, 2.05) is 37.2 Å². The Balaban J connectivity index is 1.98. The fourth-order valence-electron chi connectivity index (χ4n) is 2.85. The molecule has 3 aromatic carbocycles. The minimum absolute atomic E-state index is 0.0916. The molecule has 3 rings (SSSR count). The Morgan fingerprint density at radius 1 is 1.07 bits per heavy atom. The molecule has 0 spiro atoms. The number of nitrogens with one attached hydrogen (secondary N) is 1. The summed E-state index contributed by atoms with van der Waals surface area (Å²) in [4.78, 5) is 2.07. The molecule has 0 amide bonds. The Hall–Kier alpha value is -2.90. The van der Waals surface area contributed by atoms with Crippen LogP contribution in [0.2, 0.25) is 0 Å². The van der Waals surface area contributed by atoms with E-state index in [0.717, 1.165) is 5.39 Å². The van der Waals surface area contributed by atoms with E-state index in [1.54, 1.807) is 30.3 Å². The van der Waals surface area contributed by atoms with Gasteiger partial charge in [0.1, 0.15) is 12.4 Å². The first-order chi connectivity index (χ1) is 13.3. The second kappa shape index (κ2) is 8.00. The van der Waals surface area contributed by atoms with Crippen LogP contribution < -0.4 is 10.5 Å². The van der Waals surface area contributed by atoms with Gasteiger partial charge < -0.3 is 15.4 Å². The number of ether oxygens (including phenoxy) is 1. The highest BCUT2D eigenvalue weighted by Gasteiger charge is 2.26. The van der Waals surface area contributed by atoms with Gasteiger partial charge in [0.15, 0.2) is 5.04 Å². The lowest BCUT2D eigenvalue weighted by Gasteiger charge is -2.14.